The number of hydrogen-bond acceptors (Lipinski definition) is 3. The molecule has 67 valence electrons. The molecule has 0 spiro atoms. The van der Waals surface area contributed by atoms with E-state index in [4.69, 9.17) is 0 Å². The first-order chi connectivity index (χ1) is 5.58. The van der Waals surface area contributed by atoms with Gasteiger partial charge in [-0.15, -0.1) is 0 Å². The molecule has 0 unspecified atom stereocenters. The van der Waals surface area contributed by atoms with E-state index in [9.17, 15) is 9.59 Å². The summed E-state index contributed by atoms with van der Waals surface area (Å²) in [6, 6.07) is 0. The van der Waals surface area contributed by atoms with E-state index in [-0.39, 0.29) is 11.8 Å². The molecule has 0 bridgehead atoms. The molecular formula is C8H13N2O2. The number of hydrogen-bond donors (Lipinski definition) is 0. The Morgan fingerprint density at radius 2 is 1.83 bits per heavy atom. The summed E-state index contributed by atoms with van der Waals surface area (Å²) in [4.78, 5) is 23.5. The largest absolute Gasteiger partial charge is 0.285 e. The molecule has 0 aromatic rings. The van der Waals surface area contributed by atoms with Gasteiger partial charge in [-0.25, -0.2) is 0 Å². The van der Waals surface area contributed by atoms with Gasteiger partial charge in [0.15, 0.2) is 0 Å². The van der Waals surface area contributed by atoms with Crippen molar-refractivity contribution in [2.45, 2.75) is 13.8 Å². The molecule has 0 saturated carbocycles. The Balaban J connectivity index is 2.44. The van der Waals surface area contributed by atoms with Crippen molar-refractivity contribution in [3.05, 3.63) is 0 Å². The van der Waals surface area contributed by atoms with E-state index in [0.29, 0.717) is 19.0 Å². The highest BCUT2D eigenvalue weighted by atomic mass is 16.2. The van der Waals surface area contributed by atoms with Gasteiger partial charge in [-0.3, -0.25) is 14.5 Å². The van der Waals surface area contributed by atoms with Gasteiger partial charge in [0.25, 0.3) is 11.8 Å². The maximum absolute atomic E-state index is 10.8. The Labute approximate surface area is 71.9 Å². The van der Waals surface area contributed by atoms with Crippen molar-refractivity contribution >= 4 is 11.8 Å². The number of imide groups is 1. The predicted molar refractivity (Wildman–Crippen MR) is 43.4 cm³/mol. The van der Waals surface area contributed by atoms with E-state index in [1.165, 1.54) is 0 Å². The molecule has 4 nitrogen and oxygen atoms in total. The van der Waals surface area contributed by atoms with Gasteiger partial charge in [-0.05, 0) is 5.92 Å². The molecule has 4 heteroatoms. The molecule has 12 heavy (non-hydrogen) atoms. The second-order valence-electron chi connectivity index (χ2n) is 3.46. The summed E-state index contributed by atoms with van der Waals surface area (Å²) in [5.74, 6) is -0.150. The van der Waals surface area contributed by atoms with Gasteiger partial charge in [0.2, 0.25) is 0 Å². The summed E-state index contributed by atoms with van der Waals surface area (Å²) in [5, 5.41) is 3.32. The lowest BCUT2D eigenvalue weighted by Gasteiger charge is -2.25. The van der Waals surface area contributed by atoms with Crippen LogP contribution in [0.1, 0.15) is 13.8 Å². The van der Waals surface area contributed by atoms with Gasteiger partial charge in [-0.1, -0.05) is 13.8 Å². The Morgan fingerprint density at radius 1 is 1.33 bits per heavy atom. The van der Waals surface area contributed by atoms with Crippen LogP contribution in [0, 0.1) is 5.92 Å². The van der Waals surface area contributed by atoms with E-state index in [1.54, 1.807) is 0 Å². The number of carbonyl (C=O) groups is 2. The number of nitrogens with zero attached hydrogens (tertiary/aromatic N) is 2. The second kappa shape index (κ2) is 3.67. The standard InChI is InChI=1S/C8H13N2O2/c1-6(2)3-10-4-7(11)9-8(12)5-10/h6H,3-5H2,1-2H3. The molecular weight excluding hydrogens is 156 g/mol. The van der Waals surface area contributed by atoms with Crippen LogP contribution >= 0.6 is 0 Å². The van der Waals surface area contributed by atoms with Crippen LogP contribution in [0.2, 0.25) is 0 Å². The fraction of sp³-hybridized carbons (Fsp3) is 0.750. The van der Waals surface area contributed by atoms with Gasteiger partial charge in [0.05, 0.1) is 13.1 Å². The Morgan fingerprint density at radius 3 is 2.25 bits per heavy atom. The van der Waals surface area contributed by atoms with Gasteiger partial charge in [0, 0.05) is 6.54 Å². The van der Waals surface area contributed by atoms with Gasteiger partial charge >= 0.3 is 0 Å². The lowest BCUT2D eigenvalue weighted by molar-refractivity contribution is -0.136. The molecule has 0 aromatic carbocycles. The first kappa shape index (κ1) is 9.19. The highest BCUT2D eigenvalue weighted by Crippen LogP contribution is 2.01. The Kier molecular flexibility index (Phi) is 2.81. The monoisotopic (exact) mass is 169 g/mol. The van der Waals surface area contributed by atoms with Crippen molar-refractivity contribution in [3.63, 3.8) is 0 Å². The molecule has 1 radical (unpaired) electrons. The number of carbonyl (C=O) groups excluding carboxylic acids is 2. The average Bonchev–Trinajstić information content (AvgIpc) is 1.81. The quantitative estimate of drug-likeness (QED) is 0.529. The van der Waals surface area contributed by atoms with Crippen molar-refractivity contribution in [2.75, 3.05) is 19.6 Å². The molecule has 1 aliphatic rings. The van der Waals surface area contributed by atoms with Crippen LogP contribution in [0.3, 0.4) is 0 Å². The third kappa shape index (κ3) is 2.62. The van der Waals surface area contributed by atoms with Crippen molar-refractivity contribution in [1.82, 2.24) is 10.2 Å². The van der Waals surface area contributed by atoms with Crippen LogP contribution in [0.5, 0.6) is 0 Å². The van der Waals surface area contributed by atoms with Crippen LogP contribution in [0.15, 0.2) is 0 Å². The smallest absolute Gasteiger partial charge is 0.263 e. The maximum atomic E-state index is 10.8. The van der Waals surface area contributed by atoms with Gasteiger partial charge in [-0.2, -0.15) is 5.32 Å². The van der Waals surface area contributed by atoms with E-state index < -0.39 is 0 Å². The minimum Gasteiger partial charge on any atom is -0.285 e. The summed E-state index contributed by atoms with van der Waals surface area (Å²) in [6.45, 7) is 5.49. The van der Waals surface area contributed by atoms with Crippen LogP contribution in [0.25, 0.3) is 0 Å². The molecule has 0 aliphatic carbocycles. The molecule has 0 atom stereocenters. The first-order valence-corrected chi connectivity index (χ1v) is 4.07. The maximum Gasteiger partial charge on any atom is 0.263 e. The zero-order valence-electron chi connectivity index (χ0n) is 7.41. The summed E-state index contributed by atoms with van der Waals surface area (Å²) in [7, 11) is 0. The zero-order valence-corrected chi connectivity index (χ0v) is 7.41. The zero-order chi connectivity index (χ0) is 9.14. The highest BCUT2D eigenvalue weighted by molar-refractivity contribution is 5.98. The minimum atomic E-state index is -0.313. The van der Waals surface area contributed by atoms with Crippen LogP contribution in [-0.4, -0.2) is 36.3 Å². The Hall–Kier alpha value is -0.900. The molecule has 1 fully saturated rings. The van der Waals surface area contributed by atoms with Gasteiger partial charge < -0.3 is 0 Å². The van der Waals surface area contributed by atoms with Crippen molar-refractivity contribution in [1.29, 1.82) is 0 Å². The average molecular weight is 169 g/mol. The van der Waals surface area contributed by atoms with E-state index in [1.807, 2.05) is 4.90 Å². The van der Waals surface area contributed by atoms with Gasteiger partial charge in [0.1, 0.15) is 0 Å². The van der Waals surface area contributed by atoms with Crippen LogP contribution in [-0.2, 0) is 9.59 Å². The normalized spacial score (nSPS) is 19.9. The van der Waals surface area contributed by atoms with E-state index >= 15 is 0 Å². The fourth-order valence-corrected chi connectivity index (χ4v) is 1.29. The lowest BCUT2D eigenvalue weighted by Crippen LogP contribution is -2.48. The number of rotatable bonds is 2. The lowest BCUT2D eigenvalue weighted by atomic mass is 10.2. The Bertz CT molecular complexity index is 185. The summed E-state index contributed by atoms with van der Waals surface area (Å²) < 4.78 is 0. The van der Waals surface area contributed by atoms with Crippen molar-refractivity contribution in [3.8, 4) is 0 Å². The number of amides is 2. The van der Waals surface area contributed by atoms with Crippen LogP contribution in [0.4, 0.5) is 0 Å². The molecule has 1 heterocycles. The molecule has 1 rings (SSSR count). The fourth-order valence-electron chi connectivity index (χ4n) is 1.29. The SMILES string of the molecule is CC(C)CN1CC(=O)[N]C(=O)C1. The summed E-state index contributed by atoms with van der Waals surface area (Å²) in [5.41, 5.74) is 0. The van der Waals surface area contributed by atoms with Crippen LogP contribution < -0.4 is 5.32 Å². The summed E-state index contributed by atoms with van der Waals surface area (Å²) >= 11 is 0. The third-order valence-electron chi connectivity index (χ3n) is 1.59. The minimum absolute atomic E-state index is 0.296. The molecule has 1 saturated heterocycles. The second-order valence-corrected chi connectivity index (χ2v) is 3.46. The highest BCUT2D eigenvalue weighted by Gasteiger charge is 2.24. The molecule has 2 amide bonds. The van der Waals surface area contributed by atoms with Crippen molar-refractivity contribution in [2.24, 2.45) is 5.92 Å². The molecule has 0 aromatic heterocycles. The topological polar surface area (TPSA) is 51.5 Å². The molecule has 1 aliphatic heterocycles. The van der Waals surface area contributed by atoms with E-state index in [2.05, 4.69) is 19.2 Å². The first-order valence-electron chi connectivity index (χ1n) is 4.07. The predicted octanol–water partition coefficient (Wildman–Crippen LogP) is -0.384. The van der Waals surface area contributed by atoms with E-state index in [0.717, 1.165) is 6.54 Å². The summed E-state index contributed by atoms with van der Waals surface area (Å²) in [6.07, 6.45) is 0. The third-order valence-corrected chi connectivity index (χ3v) is 1.59. The number of piperazine rings is 1. The molecule has 0 N–H and O–H groups in total. The van der Waals surface area contributed by atoms with Crippen molar-refractivity contribution < 1.29 is 9.59 Å².